The fourth-order valence-electron chi connectivity index (χ4n) is 2.21. The zero-order chi connectivity index (χ0) is 14.5. The van der Waals surface area contributed by atoms with Crippen LogP contribution < -0.4 is 5.73 Å². The minimum atomic E-state index is -0.621. The van der Waals surface area contributed by atoms with E-state index in [0.717, 1.165) is 5.56 Å². The minimum Gasteiger partial charge on any atom is -0.383 e. The zero-order valence-electron chi connectivity index (χ0n) is 11.8. The Labute approximate surface area is 135 Å². The lowest BCUT2D eigenvalue weighted by atomic mass is 10.1. The van der Waals surface area contributed by atoms with Gasteiger partial charge in [0.2, 0.25) is 5.91 Å². The first-order chi connectivity index (χ1) is 9.61. The molecule has 2 atom stereocenters. The molecule has 1 aromatic rings. The van der Waals surface area contributed by atoms with E-state index < -0.39 is 6.04 Å². The Morgan fingerprint density at radius 1 is 1.52 bits per heavy atom. The Morgan fingerprint density at radius 2 is 2.19 bits per heavy atom. The van der Waals surface area contributed by atoms with Crippen molar-refractivity contribution in [3.05, 3.63) is 34.9 Å². The van der Waals surface area contributed by atoms with Gasteiger partial charge in [0.05, 0.1) is 19.8 Å². The lowest BCUT2D eigenvalue weighted by Crippen LogP contribution is -2.50. The first kappa shape index (κ1) is 18.2. The number of ether oxygens (including phenoxy) is 2. The van der Waals surface area contributed by atoms with Crippen molar-refractivity contribution < 1.29 is 14.3 Å². The number of rotatable bonds is 4. The van der Waals surface area contributed by atoms with Gasteiger partial charge in [-0.05, 0) is 17.7 Å². The second-order valence-electron chi connectivity index (χ2n) is 4.76. The van der Waals surface area contributed by atoms with Gasteiger partial charge in [-0.25, -0.2) is 0 Å². The van der Waals surface area contributed by atoms with Gasteiger partial charge in [0.15, 0.2) is 0 Å². The van der Waals surface area contributed by atoms with Crippen LogP contribution in [0.15, 0.2) is 24.3 Å². The van der Waals surface area contributed by atoms with E-state index in [0.29, 0.717) is 24.7 Å². The predicted octanol–water partition coefficient (Wildman–Crippen LogP) is 1.64. The van der Waals surface area contributed by atoms with Crippen LogP contribution in [0.25, 0.3) is 0 Å². The quantitative estimate of drug-likeness (QED) is 0.908. The van der Waals surface area contributed by atoms with Gasteiger partial charge in [0.1, 0.15) is 12.1 Å². The van der Waals surface area contributed by atoms with Crippen molar-refractivity contribution in [1.29, 1.82) is 0 Å². The summed E-state index contributed by atoms with van der Waals surface area (Å²) in [6.07, 6.45) is -0.139. The molecule has 1 fully saturated rings. The van der Waals surface area contributed by atoms with Crippen molar-refractivity contribution in [1.82, 2.24) is 4.90 Å². The van der Waals surface area contributed by atoms with Crippen LogP contribution in [-0.2, 0) is 14.3 Å². The van der Waals surface area contributed by atoms with Crippen LogP contribution in [-0.4, -0.2) is 50.3 Å². The summed E-state index contributed by atoms with van der Waals surface area (Å²) >= 11 is 5.87. The summed E-state index contributed by atoms with van der Waals surface area (Å²) in [4.78, 5) is 13.9. The van der Waals surface area contributed by atoms with Gasteiger partial charge in [0.25, 0.3) is 0 Å². The molecule has 0 aromatic heterocycles. The first-order valence-corrected chi connectivity index (χ1v) is 6.90. The van der Waals surface area contributed by atoms with E-state index in [1.807, 2.05) is 24.3 Å². The van der Waals surface area contributed by atoms with Crippen molar-refractivity contribution in [3.8, 4) is 0 Å². The Kier molecular flexibility index (Phi) is 7.42. The number of halogens is 2. The number of benzene rings is 1. The minimum absolute atomic E-state index is 0. The van der Waals surface area contributed by atoms with Gasteiger partial charge in [-0.3, -0.25) is 4.79 Å². The molecule has 7 heteroatoms. The SMILES string of the molecule is COCC(N)C(=O)N1CCOC(c2ccc(Cl)cc2)C1.Cl. The Hall–Kier alpha value is -0.850. The molecular formula is C14H20Cl2N2O3. The molecular weight excluding hydrogens is 315 g/mol. The standard InChI is InChI=1S/C14H19ClN2O3.ClH/c1-19-9-12(16)14(18)17-6-7-20-13(8-17)10-2-4-11(15)5-3-10;/h2-5,12-13H,6-9,16H2,1H3;1H. The number of amides is 1. The Bertz CT molecular complexity index is 456. The van der Waals surface area contributed by atoms with E-state index in [4.69, 9.17) is 26.8 Å². The molecule has 1 saturated heterocycles. The predicted molar refractivity (Wildman–Crippen MR) is 83.8 cm³/mol. The van der Waals surface area contributed by atoms with Crippen LogP contribution in [0.5, 0.6) is 0 Å². The molecule has 0 spiro atoms. The molecule has 2 rings (SSSR count). The topological polar surface area (TPSA) is 64.8 Å². The van der Waals surface area contributed by atoms with E-state index in [-0.39, 0.29) is 31.0 Å². The smallest absolute Gasteiger partial charge is 0.242 e. The van der Waals surface area contributed by atoms with E-state index in [1.54, 1.807) is 4.90 Å². The summed E-state index contributed by atoms with van der Waals surface area (Å²) in [6, 6.07) is 6.84. The highest BCUT2D eigenvalue weighted by Crippen LogP contribution is 2.23. The molecule has 0 aliphatic carbocycles. The second-order valence-corrected chi connectivity index (χ2v) is 5.19. The van der Waals surface area contributed by atoms with Gasteiger partial charge < -0.3 is 20.1 Å². The number of nitrogens with two attached hydrogens (primary N) is 1. The lowest BCUT2D eigenvalue weighted by Gasteiger charge is -2.34. The number of carbonyl (C=O) groups excluding carboxylic acids is 1. The molecule has 0 radical (unpaired) electrons. The molecule has 5 nitrogen and oxygen atoms in total. The highest BCUT2D eigenvalue weighted by Gasteiger charge is 2.28. The van der Waals surface area contributed by atoms with E-state index >= 15 is 0 Å². The van der Waals surface area contributed by atoms with Crippen molar-refractivity contribution in [3.63, 3.8) is 0 Å². The van der Waals surface area contributed by atoms with Crippen molar-refractivity contribution in [2.45, 2.75) is 12.1 Å². The monoisotopic (exact) mass is 334 g/mol. The third kappa shape index (κ3) is 4.83. The van der Waals surface area contributed by atoms with Gasteiger partial charge in [-0.15, -0.1) is 12.4 Å². The molecule has 1 aliphatic rings. The van der Waals surface area contributed by atoms with Crippen LogP contribution in [0.1, 0.15) is 11.7 Å². The largest absolute Gasteiger partial charge is 0.383 e. The fourth-order valence-corrected chi connectivity index (χ4v) is 2.34. The molecule has 2 N–H and O–H groups in total. The van der Waals surface area contributed by atoms with Gasteiger partial charge in [0, 0.05) is 18.7 Å². The number of hydrogen-bond acceptors (Lipinski definition) is 4. The van der Waals surface area contributed by atoms with Crippen molar-refractivity contribution in [2.75, 3.05) is 33.4 Å². The lowest BCUT2D eigenvalue weighted by molar-refractivity contribution is -0.141. The van der Waals surface area contributed by atoms with Crippen LogP contribution in [0.4, 0.5) is 0 Å². The molecule has 1 aliphatic heterocycles. The normalized spacial score (nSPS) is 19.8. The van der Waals surface area contributed by atoms with Gasteiger partial charge >= 0.3 is 0 Å². The number of hydrogen-bond donors (Lipinski definition) is 1. The maximum Gasteiger partial charge on any atom is 0.242 e. The number of methoxy groups -OCH3 is 1. The zero-order valence-corrected chi connectivity index (χ0v) is 13.4. The average Bonchev–Trinajstić information content (AvgIpc) is 2.47. The number of nitrogens with zero attached hydrogens (tertiary/aromatic N) is 1. The van der Waals surface area contributed by atoms with Crippen LogP contribution in [0.2, 0.25) is 5.02 Å². The van der Waals surface area contributed by atoms with Gasteiger partial charge in [-0.1, -0.05) is 23.7 Å². The van der Waals surface area contributed by atoms with Gasteiger partial charge in [-0.2, -0.15) is 0 Å². The molecule has 21 heavy (non-hydrogen) atoms. The maximum atomic E-state index is 12.2. The Morgan fingerprint density at radius 3 is 2.81 bits per heavy atom. The second kappa shape index (κ2) is 8.56. The number of carbonyl (C=O) groups is 1. The summed E-state index contributed by atoms with van der Waals surface area (Å²) in [5, 5.41) is 0.680. The molecule has 0 bridgehead atoms. The van der Waals surface area contributed by atoms with Crippen LogP contribution in [0, 0.1) is 0 Å². The third-order valence-corrected chi connectivity index (χ3v) is 3.54. The summed E-state index contributed by atoms with van der Waals surface area (Å²) < 4.78 is 10.6. The highest BCUT2D eigenvalue weighted by atomic mass is 35.5. The van der Waals surface area contributed by atoms with Crippen molar-refractivity contribution >= 4 is 29.9 Å². The maximum absolute atomic E-state index is 12.2. The summed E-state index contributed by atoms with van der Waals surface area (Å²) in [6.45, 7) is 1.78. The highest BCUT2D eigenvalue weighted by molar-refractivity contribution is 6.30. The van der Waals surface area contributed by atoms with Crippen LogP contribution >= 0.6 is 24.0 Å². The molecule has 1 heterocycles. The summed E-state index contributed by atoms with van der Waals surface area (Å²) in [5.74, 6) is -0.103. The summed E-state index contributed by atoms with van der Waals surface area (Å²) in [5.41, 5.74) is 6.79. The van der Waals surface area contributed by atoms with E-state index in [9.17, 15) is 4.79 Å². The van der Waals surface area contributed by atoms with Crippen molar-refractivity contribution in [2.24, 2.45) is 5.73 Å². The molecule has 1 aromatic carbocycles. The average molecular weight is 335 g/mol. The first-order valence-electron chi connectivity index (χ1n) is 6.52. The summed E-state index contributed by atoms with van der Waals surface area (Å²) in [7, 11) is 1.53. The number of morpholine rings is 1. The fraction of sp³-hybridized carbons (Fsp3) is 0.500. The van der Waals surface area contributed by atoms with E-state index in [1.165, 1.54) is 7.11 Å². The Balaban J connectivity index is 0.00000220. The third-order valence-electron chi connectivity index (χ3n) is 3.28. The van der Waals surface area contributed by atoms with E-state index in [2.05, 4.69) is 0 Å². The molecule has 2 unspecified atom stereocenters. The molecule has 0 saturated carbocycles. The van der Waals surface area contributed by atoms with Crippen LogP contribution in [0.3, 0.4) is 0 Å². The molecule has 118 valence electrons. The molecule has 1 amide bonds.